The number of imide groups is 1. The number of ether oxygens (including phenoxy) is 2. The zero-order valence-corrected chi connectivity index (χ0v) is 19.8. The summed E-state index contributed by atoms with van der Waals surface area (Å²) in [5.74, 6) is 0.803. The highest BCUT2D eigenvalue weighted by atomic mass is 35.5. The average Bonchev–Trinajstić information content (AvgIpc) is 3.07. The molecule has 2 amide bonds. The third-order valence-electron chi connectivity index (χ3n) is 5.16. The Morgan fingerprint density at radius 1 is 1.00 bits per heavy atom. The second-order valence-electron chi connectivity index (χ2n) is 7.54. The zero-order valence-electron chi connectivity index (χ0n) is 18.2. The molecule has 3 aromatic carbocycles. The van der Waals surface area contributed by atoms with Gasteiger partial charge >= 0.3 is 0 Å². The minimum Gasteiger partial charge on any atom is -0.493 e. The number of carbonyl (C=O) groups is 2. The van der Waals surface area contributed by atoms with Gasteiger partial charge in [-0.25, -0.2) is 0 Å². The van der Waals surface area contributed by atoms with E-state index in [1.807, 2.05) is 43.3 Å². The number of halogens is 1. The van der Waals surface area contributed by atoms with Crippen LogP contribution in [0.5, 0.6) is 11.5 Å². The van der Waals surface area contributed by atoms with E-state index >= 15 is 0 Å². The van der Waals surface area contributed by atoms with Crippen molar-refractivity contribution >= 4 is 40.6 Å². The minimum absolute atomic E-state index is 0.136. The summed E-state index contributed by atoms with van der Waals surface area (Å²) in [6, 6.07) is 20.7. The van der Waals surface area contributed by atoms with Crippen LogP contribution >= 0.6 is 23.4 Å². The standard InChI is InChI=1S/C26H22ClNO4S/c1-17-7-9-18(10-8-17)16-32-22-12-11-19(13-23(22)31-2)14-24-25(29)28(26(30)33-24)15-20-5-3-4-6-21(20)27/h3-14H,15-16H2,1-2H3/b24-14+. The number of rotatable bonds is 7. The summed E-state index contributed by atoms with van der Waals surface area (Å²) in [6.07, 6.45) is 1.68. The number of methoxy groups -OCH3 is 1. The van der Waals surface area contributed by atoms with Crippen LogP contribution in [0, 0.1) is 6.92 Å². The van der Waals surface area contributed by atoms with E-state index in [0.29, 0.717) is 28.0 Å². The largest absolute Gasteiger partial charge is 0.493 e. The third-order valence-corrected chi connectivity index (χ3v) is 6.44. The first kappa shape index (κ1) is 23.0. The molecular formula is C26H22ClNO4S. The van der Waals surface area contributed by atoms with Gasteiger partial charge in [-0.1, -0.05) is 65.7 Å². The SMILES string of the molecule is COc1cc(/C=C2/SC(=O)N(Cc3ccccc3Cl)C2=O)ccc1OCc1ccc(C)cc1. The molecule has 0 spiro atoms. The van der Waals surface area contributed by atoms with Crippen LogP contribution in [0.4, 0.5) is 4.79 Å². The van der Waals surface area contributed by atoms with E-state index in [1.54, 1.807) is 43.5 Å². The highest BCUT2D eigenvalue weighted by Crippen LogP contribution is 2.36. The Morgan fingerprint density at radius 3 is 2.48 bits per heavy atom. The van der Waals surface area contributed by atoms with E-state index in [1.165, 1.54) is 10.5 Å². The van der Waals surface area contributed by atoms with Gasteiger partial charge in [0.25, 0.3) is 11.1 Å². The lowest BCUT2D eigenvalue weighted by atomic mass is 10.1. The topological polar surface area (TPSA) is 55.8 Å². The summed E-state index contributed by atoms with van der Waals surface area (Å²) in [4.78, 5) is 26.9. The third kappa shape index (κ3) is 5.41. The minimum atomic E-state index is -0.344. The molecule has 0 N–H and O–H groups in total. The van der Waals surface area contributed by atoms with Gasteiger partial charge < -0.3 is 9.47 Å². The Labute approximate surface area is 202 Å². The van der Waals surface area contributed by atoms with Crippen LogP contribution in [-0.4, -0.2) is 23.2 Å². The maximum atomic E-state index is 12.9. The van der Waals surface area contributed by atoms with Gasteiger partial charge in [0.1, 0.15) is 6.61 Å². The Balaban J connectivity index is 1.49. The molecule has 1 heterocycles. The fraction of sp³-hybridized carbons (Fsp3) is 0.154. The molecule has 168 valence electrons. The molecule has 5 nitrogen and oxygen atoms in total. The molecule has 0 unspecified atom stereocenters. The summed E-state index contributed by atoms with van der Waals surface area (Å²) < 4.78 is 11.4. The highest BCUT2D eigenvalue weighted by Gasteiger charge is 2.35. The summed E-state index contributed by atoms with van der Waals surface area (Å²) >= 11 is 7.10. The van der Waals surface area contributed by atoms with Gasteiger partial charge in [0.15, 0.2) is 11.5 Å². The lowest BCUT2D eigenvalue weighted by Crippen LogP contribution is -2.27. The number of carbonyl (C=O) groups excluding carboxylic acids is 2. The summed E-state index contributed by atoms with van der Waals surface area (Å²) in [6.45, 7) is 2.59. The van der Waals surface area contributed by atoms with Crippen LogP contribution in [0.1, 0.15) is 22.3 Å². The predicted octanol–water partition coefficient (Wildman–Crippen LogP) is 6.47. The molecule has 0 saturated carbocycles. The normalized spacial score (nSPS) is 14.8. The smallest absolute Gasteiger partial charge is 0.293 e. The molecule has 0 aromatic heterocycles. The number of amides is 2. The van der Waals surface area contributed by atoms with E-state index in [9.17, 15) is 9.59 Å². The average molecular weight is 480 g/mol. The first-order chi connectivity index (χ1) is 15.9. The Bertz CT molecular complexity index is 1220. The van der Waals surface area contributed by atoms with Crippen molar-refractivity contribution in [3.63, 3.8) is 0 Å². The molecular weight excluding hydrogens is 458 g/mol. The zero-order chi connectivity index (χ0) is 23.4. The molecule has 0 aliphatic carbocycles. The fourth-order valence-corrected chi connectivity index (χ4v) is 4.36. The molecule has 0 atom stereocenters. The van der Waals surface area contributed by atoms with Gasteiger partial charge in [0.05, 0.1) is 18.6 Å². The number of hydrogen-bond acceptors (Lipinski definition) is 5. The molecule has 3 aromatic rings. The van der Waals surface area contributed by atoms with Crippen molar-refractivity contribution in [2.24, 2.45) is 0 Å². The molecule has 1 aliphatic heterocycles. The number of benzene rings is 3. The van der Waals surface area contributed by atoms with Gasteiger partial charge in [-0.15, -0.1) is 0 Å². The predicted molar refractivity (Wildman–Crippen MR) is 131 cm³/mol. The highest BCUT2D eigenvalue weighted by molar-refractivity contribution is 8.18. The second-order valence-corrected chi connectivity index (χ2v) is 8.94. The monoisotopic (exact) mass is 479 g/mol. The van der Waals surface area contributed by atoms with E-state index in [-0.39, 0.29) is 17.7 Å². The quantitative estimate of drug-likeness (QED) is 0.363. The molecule has 0 bridgehead atoms. The van der Waals surface area contributed by atoms with Crippen LogP contribution < -0.4 is 9.47 Å². The van der Waals surface area contributed by atoms with Crippen molar-refractivity contribution in [1.29, 1.82) is 0 Å². The molecule has 1 aliphatic rings. The van der Waals surface area contributed by atoms with Crippen LogP contribution in [0.15, 0.2) is 71.6 Å². The second kappa shape index (κ2) is 10.1. The van der Waals surface area contributed by atoms with E-state index in [4.69, 9.17) is 21.1 Å². The van der Waals surface area contributed by atoms with E-state index < -0.39 is 0 Å². The van der Waals surface area contributed by atoms with Crippen molar-refractivity contribution in [2.45, 2.75) is 20.1 Å². The Morgan fingerprint density at radius 2 is 1.76 bits per heavy atom. The maximum Gasteiger partial charge on any atom is 0.293 e. The maximum absolute atomic E-state index is 12.9. The van der Waals surface area contributed by atoms with Crippen LogP contribution in [0.3, 0.4) is 0 Å². The molecule has 4 rings (SSSR count). The van der Waals surface area contributed by atoms with Gasteiger partial charge in [0, 0.05) is 5.02 Å². The molecule has 33 heavy (non-hydrogen) atoms. The van der Waals surface area contributed by atoms with E-state index in [2.05, 4.69) is 0 Å². The molecule has 1 fully saturated rings. The number of nitrogens with zero attached hydrogens (tertiary/aromatic N) is 1. The number of aryl methyl sites for hydroxylation is 1. The van der Waals surface area contributed by atoms with Crippen LogP contribution in [0.2, 0.25) is 5.02 Å². The van der Waals surface area contributed by atoms with Gasteiger partial charge in [0.2, 0.25) is 0 Å². The van der Waals surface area contributed by atoms with Crippen LogP contribution in [-0.2, 0) is 17.9 Å². The Hall–Kier alpha value is -3.22. The summed E-state index contributed by atoms with van der Waals surface area (Å²) in [7, 11) is 1.56. The number of thioether (sulfide) groups is 1. The van der Waals surface area contributed by atoms with Crippen LogP contribution in [0.25, 0.3) is 6.08 Å². The molecule has 1 saturated heterocycles. The molecule has 0 radical (unpaired) electrons. The van der Waals surface area contributed by atoms with Gasteiger partial charge in [-0.05, 0) is 59.7 Å². The number of hydrogen-bond donors (Lipinski definition) is 0. The lowest BCUT2D eigenvalue weighted by molar-refractivity contribution is -0.123. The Kier molecular flexibility index (Phi) is 7.06. The first-order valence-electron chi connectivity index (χ1n) is 10.3. The lowest BCUT2D eigenvalue weighted by Gasteiger charge is -2.13. The van der Waals surface area contributed by atoms with Gasteiger partial charge in [-0.3, -0.25) is 14.5 Å². The molecule has 7 heteroatoms. The van der Waals surface area contributed by atoms with Crippen molar-refractivity contribution in [3.8, 4) is 11.5 Å². The van der Waals surface area contributed by atoms with E-state index in [0.717, 1.165) is 28.5 Å². The van der Waals surface area contributed by atoms with Gasteiger partial charge in [-0.2, -0.15) is 0 Å². The first-order valence-corrected chi connectivity index (χ1v) is 11.5. The van der Waals surface area contributed by atoms with Crippen molar-refractivity contribution < 1.29 is 19.1 Å². The summed E-state index contributed by atoms with van der Waals surface area (Å²) in [5.41, 5.74) is 3.70. The van der Waals surface area contributed by atoms with Crippen molar-refractivity contribution in [1.82, 2.24) is 4.90 Å². The van der Waals surface area contributed by atoms with Crippen molar-refractivity contribution in [3.05, 3.63) is 98.9 Å². The summed E-state index contributed by atoms with van der Waals surface area (Å²) in [5, 5.41) is 0.197. The fourth-order valence-electron chi connectivity index (χ4n) is 3.32. The van der Waals surface area contributed by atoms with Crippen molar-refractivity contribution in [2.75, 3.05) is 7.11 Å².